The lowest BCUT2D eigenvalue weighted by Crippen LogP contribution is -2.24. The van der Waals surface area contributed by atoms with Crippen molar-refractivity contribution in [2.75, 3.05) is 0 Å². The number of nitrogens with zero attached hydrogens (tertiary/aromatic N) is 5. The van der Waals surface area contributed by atoms with Crippen LogP contribution in [-0.4, -0.2) is 30.5 Å². The Bertz CT molecular complexity index is 1010. The van der Waals surface area contributed by atoms with Crippen LogP contribution >= 0.6 is 0 Å². The Hall–Kier alpha value is -3.74. The molecule has 1 aromatic carbocycles. The number of hydrogen-bond donors (Lipinski definition) is 1. The van der Waals surface area contributed by atoms with E-state index in [9.17, 15) is 4.79 Å². The highest BCUT2D eigenvalue weighted by Crippen LogP contribution is 2.10. The molecular weight excluding hydrogens is 340 g/mol. The Kier molecular flexibility index (Phi) is 4.74. The first-order chi connectivity index (χ1) is 13.3. The van der Waals surface area contributed by atoms with Crippen molar-refractivity contribution in [3.63, 3.8) is 0 Å². The highest BCUT2D eigenvalue weighted by atomic mass is 16.1. The molecule has 1 amide bonds. The Balaban J connectivity index is 1.34. The molecule has 4 rings (SSSR count). The van der Waals surface area contributed by atoms with Gasteiger partial charge in [0.2, 0.25) is 5.91 Å². The van der Waals surface area contributed by atoms with Gasteiger partial charge in [-0.15, -0.1) is 0 Å². The van der Waals surface area contributed by atoms with Crippen LogP contribution in [0.1, 0.15) is 11.1 Å². The number of carbonyl (C=O) groups excluding carboxylic acids is 1. The lowest BCUT2D eigenvalue weighted by atomic mass is 10.1. The van der Waals surface area contributed by atoms with Crippen LogP contribution in [0.15, 0.2) is 79.5 Å². The summed E-state index contributed by atoms with van der Waals surface area (Å²) in [6, 6.07) is 15.3. The summed E-state index contributed by atoms with van der Waals surface area (Å²) in [4.78, 5) is 16.5. The molecule has 1 N–H and O–H groups in total. The molecular formula is C20H18N6O. The first kappa shape index (κ1) is 16.7. The minimum absolute atomic E-state index is 0.0284. The minimum atomic E-state index is -0.0284. The third-order valence-electron chi connectivity index (χ3n) is 4.11. The first-order valence-corrected chi connectivity index (χ1v) is 8.58. The van der Waals surface area contributed by atoms with Crippen molar-refractivity contribution in [1.82, 2.24) is 29.9 Å². The summed E-state index contributed by atoms with van der Waals surface area (Å²) in [6.07, 6.45) is 9.19. The zero-order chi connectivity index (χ0) is 18.5. The molecule has 0 saturated carbocycles. The van der Waals surface area contributed by atoms with Gasteiger partial charge in [-0.25, -0.2) is 14.3 Å². The summed E-state index contributed by atoms with van der Waals surface area (Å²) in [6.45, 7) is 0.445. The molecule has 3 aromatic heterocycles. The van der Waals surface area contributed by atoms with Crippen molar-refractivity contribution < 1.29 is 4.79 Å². The third-order valence-corrected chi connectivity index (χ3v) is 4.11. The first-order valence-electron chi connectivity index (χ1n) is 8.58. The predicted molar refractivity (Wildman–Crippen MR) is 100 cm³/mol. The second-order valence-electron chi connectivity index (χ2n) is 6.04. The van der Waals surface area contributed by atoms with E-state index < -0.39 is 0 Å². The molecule has 0 unspecified atom stereocenters. The van der Waals surface area contributed by atoms with E-state index in [0.717, 1.165) is 22.6 Å². The highest BCUT2D eigenvalue weighted by molar-refractivity contribution is 5.78. The number of rotatable bonds is 6. The third kappa shape index (κ3) is 4.09. The van der Waals surface area contributed by atoms with Gasteiger partial charge in [0.25, 0.3) is 0 Å². The van der Waals surface area contributed by atoms with Crippen LogP contribution in [0.25, 0.3) is 11.5 Å². The van der Waals surface area contributed by atoms with Crippen LogP contribution in [0.2, 0.25) is 0 Å². The minimum Gasteiger partial charge on any atom is -0.352 e. The molecule has 0 spiro atoms. The number of amides is 1. The quantitative estimate of drug-likeness (QED) is 0.574. The number of aromatic nitrogens is 5. The molecule has 7 heteroatoms. The second-order valence-corrected chi connectivity index (χ2v) is 6.04. The summed E-state index contributed by atoms with van der Waals surface area (Å²) >= 11 is 0. The van der Waals surface area contributed by atoms with E-state index in [0.29, 0.717) is 13.0 Å². The van der Waals surface area contributed by atoms with Crippen molar-refractivity contribution in [3.8, 4) is 11.5 Å². The van der Waals surface area contributed by atoms with Gasteiger partial charge in [-0.1, -0.05) is 12.1 Å². The molecule has 4 aromatic rings. The van der Waals surface area contributed by atoms with Crippen molar-refractivity contribution >= 4 is 5.91 Å². The van der Waals surface area contributed by atoms with Gasteiger partial charge in [-0.3, -0.25) is 4.79 Å². The van der Waals surface area contributed by atoms with Crippen molar-refractivity contribution in [3.05, 3.63) is 90.6 Å². The molecule has 0 aliphatic heterocycles. The number of hydrogen-bond acceptors (Lipinski definition) is 4. The lowest BCUT2D eigenvalue weighted by molar-refractivity contribution is -0.120. The summed E-state index contributed by atoms with van der Waals surface area (Å²) < 4.78 is 3.47. The number of pyridine rings is 1. The van der Waals surface area contributed by atoms with Crippen LogP contribution in [0.3, 0.4) is 0 Å². The van der Waals surface area contributed by atoms with Crippen LogP contribution < -0.4 is 5.32 Å². The van der Waals surface area contributed by atoms with Gasteiger partial charge in [0.15, 0.2) is 5.82 Å². The largest absolute Gasteiger partial charge is 0.352 e. The van der Waals surface area contributed by atoms with Gasteiger partial charge in [0.05, 0.1) is 12.1 Å². The molecule has 0 radical (unpaired) electrons. The predicted octanol–water partition coefficient (Wildman–Crippen LogP) is 2.31. The van der Waals surface area contributed by atoms with Crippen molar-refractivity contribution in [1.29, 1.82) is 0 Å². The Morgan fingerprint density at radius 1 is 0.889 bits per heavy atom. The van der Waals surface area contributed by atoms with Crippen LogP contribution in [-0.2, 0) is 17.8 Å². The number of carbonyl (C=O) groups is 1. The Labute approximate surface area is 156 Å². The molecule has 27 heavy (non-hydrogen) atoms. The zero-order valence-electron chi connectivity index (χ0n) is 14.6. The maximum Gasteiger partial charge on any atom is 0.224 e. The zero-order valence-corrected chi connectivity index (χ0v) is 14.6. The molecule has 0 atom stereocenters. The maximum atomic E-state index is 12.3. The van der Waals surface area contributed by atoms with Gasteiger partial charge >= 0.3 is 0 Å². The molecule has 0 aliphatic rings. The molecule has 0 aliphatic carbocycles. The van der Waals surface area contributed by atoms with Gasteiger partial charge in [-0.2, -0.15) is 10.2 Å². The second kappa shape index (κ2) is 7.65. The van der Waals surface area contributed by atoms with Gasteiger partial charge in [0.1, 0.15) is 0 Å². The topological polar surface area (TPSA) is 77.6 Å². The number of nitrogens with one attached hydrogen (secondary N) is 1. The van der Waals surface area contributed by atoms with Gasteiger partial charge in [0, 0.05) is 37.5 Å². The number of benzene rings is 1. The Morgan fingerprint density at radius 2 is 1.63 bits per heavy atom. The summed E-state index contributed by atoms with van der Waals surface area (Å²) in [5.41, 5.74) is 2.89. The molecule has 0 bridgehead atoms. The highest BCUT2D eigenvalue weighted by Gasteiger charge is 2.06. The molecule has 0 saturated heterocycles. The van der Waals surface area contributed by atoms with Crippen LogP contribution in [0.4, 0.5) is 0 Å². The Morgan fingerprint density at radius 3 is 2.33 bits per heavy atom. The summed E-state index contributed by atoms with van der Waals surface area (Å²) in [5, 5.41) is 11.3. The van der Waals surface area contributed by atoms with Crippen LogP contribution in [0.5, 0.6) is 0 Å². The summed E-state index contributed by atoms with van der Waals surface area (Å²) in [5.74, 6) is 0.695. The van der Waals surface area contributed by atoms with E-state index in [1.807, 2.05) is 60.9 Å². The summed E-state index contributed by atoms with van der Waals surface area (Å²) in [7, 11) is 0. The molecule has 7 nitrogen and oxygen atoms in total. The van der Waals surface area contributed by atoms with E-state index in [-0.39, 0.29) is 5.91 Å². The molecule has 0 fully saturated rings. The maximum absolute atomic E-state index is 12.3. The smallest absolute Gasteiger partial charge is 0.224 e. The fraction of sp³-hybridized carbons (Fsp3) is 0.100. The SMILES string of the molecule is O=C(Cc1ccc(-n2cccn2)cc1)NCc1ccnc(-n2cccn2)c1. The van der Waals surface area contributed by atoms with Crippen molar-refractivity contribution in [2.24, 2.45) is 0 Å². The van der Waals surface area contributed by atoms with E-state index in [1.54, 1.807) is 28.0 Å². The van der Waals surface area contributed by atoms with Crippen molar-refractivity contribution in [2.45, 2.75) is 13.0 Å². The van der Waals surface area contributed by atoms with Crippen LogP contribution in [0, 0.1) is 0 Å². The monoisotopic (exact) mass is 358 g/mol. The fourth-order valence-electron chi connectivity index (χ4n) is 2.74. The average molecular weight is 358 g/mol. The standard InChI is InChI=1S/C20H18N6O/c27-20(14-16-3-5-18(6-4-16)25-11-1-8-23-25)22-15-17-7-10-21-19(13-17)26-12-2-9-24-26/h1-13H,14-15H2,(H,22,27). The molecule has 3 heterocycles. The average Bonchev–Trinajstić information content (AvgIpc) is 3.41. The fourth-order valence-corrected chi connectivity index (χ4v) is 2.74. The van der Waals surface area contributed by atoms with E-state index in [1.165, 1.54) is 0 Å². The lowest BCUT2D eigenvalue weighted by Gasteiger charge is -2.08. The van der Waals surface area contributed by atoms with E-state index in [2.05, 4.69) is 20.5 Å². The van der Waals surface area contributed by atoms with Gasteiger partial charge < -0.3 is 5.32 Å². The molecule has 134 valence electrons. The van der Waals surface area contributed by atoms with Gasteiger partial charge in [-0.05, 0) is 47.5 Å². The van der Waals surface area contributed by atoms with E-state index in [4.69, 9.17) is 0 Å². The van der Waals surface area contributed by atoms with E-state index >= 15 is 0 Å². The normalized spacial score (nSPS) is 10.7.